The average molecular weight is 236 g/mol. The second kappa shape index (κ2) is 7.23. The zero-order valence-corrected chi connectivity index (χ0v) is 10.9. The predicted molar refractivity (Wildman–Crippen MR) is 75.0 cm³/mol. The number of aryl methyl sites for hydroxylation is 1. The number of rotatable bonds is 5. The van der Waals surface area contributed by atoms with Crippen molar-refractivity contribution in [2.45, 2.75) is 33.1 Å². The van der Waals surface area contributed by atoms with Gasteiger partial charge in [-0.1, -0.05) is 32.4 Å². The topological polar surface area (TPSA) is 24.1 Å². The third kappa shape index (κ3) is 4.62. The number of benzene rings is 1. The molecule has 0 aliphatic rings. The minimum absolute atomic E-state index is 0.710. The van der Waals surface area contributed by atoms with Crippen molar-refractivity contribution in [2.24, 2.45) is 0 Å². The van der Waals surface area contributed by atoms with Crippen LogP contribution in [-0.4, -0.2) is 11.7 Å². The molecule has 0 aliphatic carbocycles. The zero-order valence-electron chi connectivity index (χ0n) is 10.0. The summed E-state index contributed by atoms with van der Waals surface area (Å²) >= 11 is 5.21. The van der Waals surface area contributed by atoms with E-state index in [0.29, 0.717) is 5.11 Å². The fourth-order valence-electron chi connectivity index (χ4n) is 1.42. The lowest BCUT2D eigenvalue weighted by Crippen LogP contribution is -2.29. The third-order valence-electron chi connectivity index (χ3n) is 2.41. The first-order chi connectivity index (χ1) is 7.76. The Morgan fingerprint density at radius 1 is 1.31 bits per heavy atom. The maximum Gasteiger partial charge on any atom is 0.170 e. The second-order valence-electron chi connectivity index (χ2n) is 3.79. The van der Waals surface area contributed by atoms with Crippen molar-refractivity contribution >= 4 is 23.0 Å². The molecule has 0 fully saturated rings. The number of nitrogens with one attached hydrogen (secondary N) is 2. The highest BCUT2D eigenvalue weighted by atomic mass is 32.1. The fourth-order valence-corrected chi connectivity index (χ4v) is 1.64. The molecule has 0 radical (unpaired) electrons. The minimum Gasteiger partial charge on any atom is -0.362 e. The van der Waals surface area contributed by atoms with Gasteiger partial charge < -0.3 is 10.6 Å². The predicted octanol–water partition coefficient (Wildman–Crippen LogP) is 3.34. The van der Waals surface area contributed by atoms with Crippen LogP contribution < -0.4 is 10.6 Å². The second-order valence-corrected chi connectivity index (χ2v) is 4.20. The van der Waals surface area contributed by atoms with E-state index in [1.807, 2.05) is 6.07 Å². The Hall–Kier alpha value is -1.09. The van der Waals surface area contributed by atoms with Gasteiger partial charge in [0.25, 0.3) is 0 Å². The Labute approximate surface area is 103 Å². The summed E-state index contributed by atoms with van der Waals surface area (Å²) in [5.74, 6) is 0. The van der Waals surface area contributed by atoms with E-state index in [2.05, 4.69) is 42.7 Å². The number of thiocarbonyl (C=S) groups is 1. The molecule has 2 N–H and O–H groups in total. The molecule has 1 rings (SSSR count). The summed E-state index contributed by atoms with van der Waals surface area (Å²) in [6.45, 7) is 5.26. The summed E-state index contributed by atoms with van der Waals surface area (Å²) in [5.41, 5.74) is 2.38. The largest absolute Gasteiger partial charge is 0.362 e. The highest BCUT2D eigenvalue weighted by Gasteiger charge is 1.97. The zero-order chi connectivity index (χ0) is 11.8. The van der Waals surface area contributed by atoms with Crippen LogP contribution in [0, 0.1) is 0 Å². The Bertz CT molecular complexity index is 336. The molecule has 16 heavy (non-hydrogen) atoms. The van der Waals surface area contributed by atoms with Crippen LogP contribution >= 0.6 is 12.2 Å². The highest BCUT2D eigenvalue weighted by Crippen LogP contribution is 2.10. The quantitative estimate of drug-likeness (QED) is 0.605. The number of hydrogen-bond acceptors (Lipinski definition) is 1. The van der Waals surface area contributed by atoms with E-state index in [1.54, 1.807) is 0 Å². The standard InChI is InChI=1S/C13H20N2S/c1-3-5-9-14-13(16)15-12-8-6-7-11(4-2)10-12/h6-8,10H,3-5,9H2,1-2H3,(H2,14,15,16). The molecule has 0 bridgehead atoms. The molecular formula is C13H20N2S. The van der Waals surface area contributed by atoms with E-state index in [4.69, 9.17) is 12.2 Å². The molecule has 0 aromatic heterocycles. The third-order valence-corrected chi connectivity index (χ3v) is 2.66. The molecule has 0 atom stereocenters. The van der Waals surface area contributed by atoms with Crippen molar-refractivity contribution in [1.29, 1.82) is 0 Å². The Kier molecular flexibility index (Phi) is 5.86. The molecule has 88 valence electrons. The van der Waals surface area contributed by atoms with E-state index in [9.17, 15) is 0 Å². The Morgan fingerprint density at radius 2 is 2.12 bits per heavy atom. The van der Waals surface area contributed by atoms with Gasteiger partial charge in [0.15, 0.2) is 5.11 Å². The van der Waals surface area contributed by atoms with Gasteiger partial charge in [-0.05, 0) is 42.8 Å². The van der Waals surface area contributed by atoms with E-state index in [1.165, 1.54) is 12.0 Å². The summed E-state index contributed by atoms with van der Waals surface area (Å²) < 4.78 is 0. The monoisotopic (exact) mass is 236 g/mol. The van der Waals surface area contributed by atoms with Crippen LogP contribution in [0.4, 0.5) is 5.69 Å². The van der Waals surface area contributed by atoms with E-state index in [0.717, 1.165) is 25.1 Å². The summed E-state index contributed by atoms with van der Waals surface area (Å²) in [6.07, 6.45) is 3.38. The maximum absolute atomic E-state index is 5.21. The van der Waals surface area contributed by atoms with Gasteiger partial charge in [-0.25, -0.2) is 0 Å². The van der Waals surface area contributed by atoms with Gasteiger partial charge in [-0.2, -0.15) is 0 Å². The lowest BCUT2D eigenvalue weighted by atomic mass is 10.1. The number of hydrogen-bond donors (Lipinski definition) is 2. The van der Waals surface area contributed by atoms with Crippen LogP contribution in [0.3, 0.4) is 0 Å². The van der Waals surface area contributed by atoms with E-state index in [-0.39, 0.29) is 0 Å². The van der Waals surface area contributed by atoms with Crippen LogP contribution in [0.15, 0.2) is 24.3 Å². The minimum atomic E-state index is 0.710. The SMILES string of the molecule is CCCCNC(=S)Nc1cccc(CC)c1. The summed E-state index contributed by atoms with van der Waals surface area (Å²) in [6, 6.07) is 8.34. The lowest BCUT2D eigenvalue weighted by molar-refractivity contribution is 0.758. The van der Waals surface area contributed by atoms with Crippen LogP contribution in [0.1, 0.15) is 32.3 Å². The molecule has 0 saturated heterocycles. The first-order valence-electron chi connectivity index (χ1n) is 5.90. The molecule has 0 saturated carbocycles. The fraction of sp³-hybridized carbons (Fsp3) is 0.462. The van der Waals surface area contributed by atoms with Gasteiger partial charge >= 0.3 is 0 Å². The molecule has 3 heteroatoms. The molecule has 0 unspecified atom stereocenters. The maximum atomic E-state index is 5.21. The smallest absolute Gasteiger partial charge is 0.170 e. The molecule has 1 aromatic carbocycles. The van der Waals surface area contributed by atoms with Gasteiger partial charge in [0.05, 0.1) is 0 Å². The normalized spacial score (nSPS) is 9.88. The molecular weight excluding hydrogens is 216 g/mol. The highest BCUT2D eigenvalue weighted by molar-refractivity contribution is 7.80. The van der Waals surface area contributed by atoms with Gasteiger partial charge in [-0.3, -0.25) is 0 Å². The Morgan fingerprint density at radius 3 is 2.81 bits per heavy atom. The summed E-state index contributed by atoms with van der Waals surface area (Å²) in [4.78, 5) is 0. The van der Waals surface area contributed by atoms with Gasteiger partial charge in [-0.15, -0.1) is 0 Å². The Balaban J connectivity index is 2.43. The van der Waals surface area contributed by atoms with Crippen molar-refractivity contribution in [3.05, 3.63) is 29.8 Å². The van der Waals surface area contributed by atoms with E-state index >= 15 is 0 Å². The summed E-state index contributed by atoms with van der Waals surface area (Å²) in [5, 5.41) is 7.10. The molecule has 0 heterocycles. The van der Waals surface area contributed by atoms with Crippen LogP contribution in [0.2, 0.25) is 0 Å². The molecule has 0 amide bonds. The van der Waals surface area contributed by atoms with Gasteiger partial charge in [0.2, 0.25) is 0 Å². The molecule has 0 spiro atoms. The van der Waals surface area contributed by atoms with Crippen molar-refractivity contribution in [1.82, 2.24) is 5.32 Å². The molecule has 0 aliphatic heterocycles. The van der Waals surface area contributed by atoms with E-state index < -0.39 is 0 Å². The lowest BCUT2D eigenvalue weighted by Gasteiger charge is -2.10. The summed E-state index contributed by atoms with van der Waals surface area (Å²) in [7, 11) is 0. The number of anilines is 1. The van der Waals surface area contributed by atoms with Crippen molar-refractivity contribution < 1.29 is 0 Å². The first-order valence-corrected chi connectivity index (χ1v) is 6.31. The molecule has 2 nitrogen and oxygen atoms in total. The van der Waals surface area contributed by atoms with Crippen LogP contribution in [-0.2, 0) is 6.42 Å². The van der Waals surface area contributed by atoms with Crippen molar-refractivity contribution in [3.63, 3.8) is 0 Å². The van der Waals surface area contributed by atoms with Crippen LogP contribution in [0.25, 0.3) is 0 Å². The molecule has 1 aromatic rings. The first kappa shape index (κ1) is 13.0. The van der Waals surface area contributed by atoms with Crippen molar-refractivity contribution in [3.8, 4) is 0 Å². The van der Waals surface area contributed by atoms with Gasteiger partial charge in [0, 0.05) is 12.2 Å². The van der Waals surface area contributed by atoms with Crippen LogP contribution in [0.5, 0.6) is 0 Å². The average Bonchev–Trinajstić information content (AvgIpc) is 2.29. The van der Waals surface area contributed by atoms with Crippen molar-refractivity contribution in [2.75, 3.05) is 11.9 Å². The van der Waals surface area contributed by atoms with Gasteiger partial charge in [0.1, 0.15) is 0 Å². The number of unbranched alkanes of at least 4 members (excludes halogenated alkanes) is 1.